The molecule has 0 aliphatic rings. The molecular formula is C14H21F3IN3O2. The van der Waals surface area contributed by atoms with Crippen LogP contribution in [0.25, 0.3) is 0 Å². The highest BCUT2D eigenvalue weighted by atomic mass is 127. The van der Waals surface area contributed by atoms with Gasteiger partial charge in [-0.3, -0.25) is 0 Å². The Bertz CT molecular complexity index is 505. The van der Waals surface area contributed by atoms with E-state index in [0.717, 1.165) is 0 Å². The van der Waals surface area contributed by atoms with Crippen LogP contribution in [0.5, 0.6) is 5.75 Å². The molecule has 0 spiro atoms. The van der Waals surface area contributed by atoms with Crippen LogP contribution in [0.3, 0.4) is 0 Å². The molecule has 0 atom stereocenters. The van der Waals surface area contributed by atoms with E-state index in [1.165, 1.54) is 24.3 Å². The average Bonchev–Trinajstić information content (AvgIpc) is 2.43. The first-order chi connectivity index (χ1) is 10.1. The molecule has 0 bridgehead atoms. The molecule has 5 nitrogen and oxygen atoms in total. The Morgan fingerprint density at radius 3 is 2.26 bits per heavy atom. The lowest BCUT2D eigenvalue weighted by atomic mass is 10.1. The molecule has 1 aromatic rings. The van der Waals surface area contributed by atoms with Crippen LogP contribution >= 0.6 is 24.0 Å². The van der Waals surface area contributed by atoms with Gasteiger partial charge in [0.05, 0.1) is 12.1 Å². The summed E-state index contributed by atoms with van der Waals surface area (Å²) in [4.78, 5) is 4.10. The molecule has 0 aliphatic carbocycles. The second-order valence-electron chi connectivity index (χ2n) is 5.21. The van der Waals surface area contributed by atoms with Gasteiger partial charge >= 0.3 is 6.36 Å². The lowest BCUT2D eigenvalue weighted by molar-refractivity contribution is -0.274. The van der Waals surface area contributed by atoms with E-state index in [4.69, 9.17) is 10.5 Å². The lowest BCUT2D eigenvalue weighted by Crippen LogP contribution is -2.43. The summed E-state index contributed by atoms with van der Waals surface area (Å²) in [5, 5.41) is 2.92. The minimum Gasteiger partial charge on any atom is -0.406 e. The van der Waals surface area contributed by atoms with Gasteiger partial charge in [-0.05, 0) is 31.5 Å². The molecule has 0 radical (unpaired) electrons. The molecule has 0 aromatic heterocycles. The number of alkyl halides is 3. The molecule has 9 heteroatoms. The van der Waals surface area contributed by atoms with Crippen molar-refractivity contribution in [2.75, 3.05) is 13.7 Å². The SMILES string of the molecule is COC(C)(C)CNC(N)=NCc1ccc(OC(F)(F)F)cc1.I. The Labute approximate surface area is 150 Å². The van der Waals surface area contributed by atoms with E-state index in [2.05, 4.69) is 15.0 Å². The first-order valence-electron chi connectivity index (χ1n) is 6.55. The van der Waals surface area contributed by atoms with Crippen LogP contribution in [0.2, 0.25) is 0 Å². The summed E-state index contributed by atoms with van der Waals surface area (Å²) in [6.07, 6.45) is -4.69. The van der Waals surface area contributed by atoms with Crippen molar-refractivity contribution in [3.63, 3.8) is 0 Å². The molecule has 23 heavy (non-hydrogen) atoms. The Kier molecular flexibility index (Phi) is 8.67. The van der Waals surface area contributed by atoms with Crippen LogP contribution in [0.1, 0.15) is 19.4 Å². The van der Waals surface area contributed by atoms with Gasteiger partial charge in [0.2, 0.25) is 0 Å². The summed E-state index contributed by atoms with van der Waals surface area (Å²) >= 11 is 0. The number of nitrogens with two attached hydrogens (primary N) is 1. The topological polar surface area (TPSA) is 68.9 Å². The highest BCUT2D eigenvalue weighted by molar-refractivity contribution is 14.0. The van der Waals surface area contributed by atoms with Crippen molar-refractivity contribution < 1.29 is 22.6 Å². The number of nitrogens with zero attached hydrogens (tertiary/aromatic N) is 1. The monoisotopic (exact) mass is 447 g/mol. The number of halogens is 4. The van der Waals surface area contributed by atoms with E-state index in [-0.39, 0.29) is 47.8 Å². The highest BCUT2D eigenvalue weighted by Crippen LogP contribution is 2.22. The van der Waals surface area contributed by atoms with Gasteiger partial charge in [-0.25, -0.2) is 4.99 Å². The van der Waals surface area contributed by atoms with E-state index in [0.29, 0.717) is 12.1 Å². The normalized spacial score (nSPS) is 12.5. The van der Waals surface area contributed by atoms with Crippen LogP contribution in [-0.4, -0.2) is 31.6 Å². The molecule has 132 valence electrons. The summed E-state index contributed by atoms with van der Waals surface area (Å²) in [5.41, 5.74) is 6.04. The Morgan fingerprint density at radius 1 is 1.22 bits per heavy atom. The molecule has 1 aromatic carbocycles. The van der Waals surface area contributed by atoms with Crippen molar-refractivity contribution in [1.29, 1.82) is 0 Å². The number of hydrogen-bond acceptors (Lipinski definition) is 3. The third kappa shape index (κ3) is 9.49. The van der Waals surface area contributed by atoms with Gasteiger partial charge in [-0.15, -0.1) is 37.1 Å². The molecule has 0 amide bonds. The van der Waals surface area contributed by atoms with Crippen LogP contribution < -0.4 is 15.8 Å². The Morgan fingerprint density at radius 2 is 1.78 bits per heavy atom. The number of nitrogens with one attached hydrogen (secondary N) is 1. The number of aliphatic imine (C=N–C) groups is 1. The molecule has 0 saturated carbocycles. The molecule has 0 fully saturated rings. The van der Waals surface area contributed by atoms with Crippen molar-refractivity contribution in [1.82, 2.24) is 5.32 Å². The standard InChI is InChI=1S/C14H20F3N3O2.HI/c1-13(2,21-3)9-20-12(18)19-8-10-4-6-11(7-5-10)22-14(15,16)17;/h4-7H,8-9H2,1-3H3,(H3,18,19,20);1H. The number of methoxy groups -OCH3 is 1. The van der Waals surface area contributed by atoms with Gasteiger partial charge in [0.15, 0.2) is 5.96 Å². The van der Waals surface area contributed by atoms with Gasteiger partial charge in [0, 0.05) is 13.7 Å². The maximum atomic E-state index is 12.0. The van der Waals surface area contributed by atoms with Crippen molar-refractivity contribution in [2.24, 2.45) is 10.7 Å². The highest BCUT2D eigenvalue weighted by Gasteiger charge is 2.30. The first kappa shape index (κ1) is 21.8. The van der Waals surface area contributed by atoms with E-state index < -0.39 is 6.36 Å². The van der Waals surface area contributed by atoms with Crippen LogP contribution in [-0.2, 0) is 11.3 Å². The van der Waals surface area contributed by atoms with E-state index in [1.807, 2.05) is 13.8 Å². The van der Waals surface area contributed by atoms with Gasteiger partial charge in [0.1, 0.15) is 5.75 Å². The van der Waals surface area contributed by atoms with Gasteiger partial charge in [0.25, 0.3) is 0 Å². The smallest absolute Gasteiger partial charge is 0.406 e. The van der Waals surface area contributed by atoms with Crippen LogP contribution in [0.15, 0.2) is 29.3 Å². The lowest BCUT2D eigenvalue weighted by Gasteiger charge is -2.23. The summed E-state index contributed by atoms with van der Waals surface area (Å²) < 4.78 is 45.1. The number of guanidine groups is 1. The minimum absolute atomic E-state index is 0. The fourth-order valence-corrected chi connectivity index (χ4v) is 1.40. The predicted molar refractivity (Wildman–Crippen MR) is 93.0 cm³/mol. The maximum Gasteiger partial charge on any atom is 0.573 e. The number of benzene rings is 1. The molecule has 1 rings (SSSR count). The summed E-state index contributed by atoms with van der Waals surface area (Å²) in [6.45, 7) is 4.52. The fraction of sp³-hybridized carbons (Fsp3) is 0.500. The zero-order chi connectivity index (χ0) is 16.8. The van der Waals surface area contributed by atoms with Crippen LogP contribution in [0.4, 0.5) is 13.2 Å². The van der Waals surface area contributed by atoms with Crippen molar-refractivity contribution >= 4 is 29.9 Å². The number of rotatable bonds is 6. The zero-order valence-corrected chi connectivity index (χ0v) is 15.4. The fourth-order valence-electron chi connectivity index (χ4n) is 1.40. The third-order valence-corrected chi connectivity index (χ3v) is 2.84. The van der Waals surface area contributed by atoms with Gasteiger partial charge < -0.3 is 20.5 Å². The quantitative estimate of drug-likeness (QED) is 0.400. The first-order valence-corrected chi connectivity index (χ1v) is 6.55. The van der Waals surface area contributed by atoms with E-state index in [1.54, 1.807) is 7.11 Å². The van der Waals surface area contributed by atoms with Gasteiger partial charge in [-0.1, -0.05) is 12.1 Å². The van der Waals surface area contributed by atoms with Crippen LogP contribution in [0, 0.1) is 0 Å². The molecular weight excluding hydrogens is 426 g/mol. The zero-order valence-electron chi connectivity index (χ0n) is 13.1. The number of hydrogen-bond donors (Lipinski definition) is 2. The minimum atomic E-state index is -4.69. The van der Waals surface area contributed by atoms with Crippen molar-refractivity contribution in [2.45, 2.75) is 32.4 Å². The predicted octanol–water partition coefficient (Wildman–Crippen LogP) is 3.03. The molecule has 3 N–H and O–H groups in total. The average molecular weight is 447 g/mol. The molecule has 0 heterocycles. The van der Waals surface area contributed by atoms with Gasteiger partial charge in [-0.2, -0.15) is 0 Å². The van der Waals surface area contributed by atoms with Crippen molar-refractivity contribution in [3.8, 4) is 5.75 Å². The van der Waals surface area contributed by atoms with Crippen molar-refractivity contribution in [3.05, 3.63) is 29.8 Å². The molecule has 0 unspecified atom stereocenters. The number of ether oxygens (including phenoxy) is 2. The summed E-state index contributed by atoms with van der Waals surface area (Å²) in [7, 11) is 1.60. The second kappa shape index (κ2) is 9.16. The molecule has 0 saturated heterocycles. The van der Waals surface area contributed by atoms with E-state index >= 15 is 0 Å². The summed E-state index contributed by atoms with van der Waals surface area (Å²) in [5.74, 6) is -0.0334. The molecule has 0 aliphatic heterocycles. The second-order valence-corrected chi connectivity index (χ2v) is 5.21. The Balaban J connectivity index is 0.00000484. The van der Waals surface area contributed by atoms with E-state index in [9.17, 15) is 13.2 Å². The Hall–Kier alpha value is -1.23. The third-order valence-electron chi connectivity index (χ3n) is 2.84. The summed E-state index contributed by atoms with van der Waals surface area (Å²) in [6, 6.07) is 5.46. The largest absolute Gasteiger partial charge is 0.573 e. The maximum absolute atomic E-state index is 12.0.